The van der Waals surface area contributed by atoms with E-state index in [2.05, 4.69) is 9.42 Å². The maximum atomic E-state index is 11.5. The Kier molecular flexibility index (Phi) is 4.87. The number of piperidine rings is 1. The van der Waals surface area contributed by atoms with Gasteiger partial charge in [0.1, 0.15) is 0 Å². The van der Waals surface area contributed by atoms with Gasteiger partial charge in [0.2, 0.25) is 0 Å². The van der Waals surface area contributed by atoms with E-state index >= 15 is 0 Å². The molecule has 0 N–H and O–H groups in total. The standard InChI is InChI=1S/C10H20ClN2O3P/c1-15-17(11,14)16-13-8-4-10(5-9-13)12-6-2-3-7-12/h10H,2-9H2,1H3. The minimum absolute atomic E-state index is 0.648. The first kappa shape index (κ1) is 13.8. The van der Waals surface area contributed by atoms with E-state index < -0.39 is 6.95 Å². The molecule has 17 heavy (non-hydrogen) atoms. The summed E-state index contributed by atoms with van der Waals surface area (Å²) in [6.07, 6.45) is 4.72. The summed E-state index contributed by atoms with van der Waals surface area (Å²) in [7, 11) is 1.30. The summed E-state index contributed by atoms with van der Waals surface area (Å²) in [6.45, 7) is 0.568. The van der Waals surface area contributed by atoms with Crippen molar-refractivity contribution in [3.05, 3.63) is 0 Å². The molecule has 0 aromatic carbocycles. The van der Waals surface area contributed by atoms with Gasteiger partial charge in [0.25, 0.3) is 0 Å². The molecular formula is C10H20ClN2O3P. The van der Waals surface area contributed by atoms with Crippen LogP contribution in [0, 0.1) is 0 Å². The molecule has 0 aromatic heterocycles. The van der Waals surface area contributed by atoms with Gasteiger partial charge in [-0.1, -0.05) is 0 Å². The number of halogens is 1. The van der Waals surface area contributed by atoms with Crippen molar-refractivity contribution in [2.45, 2.75) is 31.7 Å². The molecule has 1 unspecified atom stereocenters. The number of hydrogen-bond acceptors (Lipinski definition) is 5. The zero-order chi connectivity index (χ0) is 12.3. The first-order valence-corrected chi connectivity index (χ1v) is 8.59. The molecule has 7 heteroatoms. The van der Waals surface area contributed by atoms with E-state index in [4.69, 9.17) is 15.9 Å². The minimum atomic E-state index is -3.40. The molecule has 2 rings (SSSR count). The Morgan fingerprint density at radius 3 is 2.29 bits per heavy atom. The molecule has 0 aliphatic carbocycles. The van der Waals surface area contributed by atoms with Crippen LogP contribution in [0.5, 0.6) is 0 Å². The van der Waals surface area contributed by atoms with E-state index in [9.17, 15) is 4.57 Å². The molecule has 2 heterocycles. The van der Waals surface area contributed by atoms with Gasteiger partial charge in [-0.25, -0.2) is 9.19 Å². The topological polar surface area (TPSA) is 42.0 Å². The van der Waals surface area contributed by atoms with Gasteiger partial charge < -0.3 is 4.90 Å². The highest BCUT2D eigenvalue weighted by molar-refractivity contribution is 7.81. The molecule has 2 aliphatic heterocycles. The molecule has 0 bridgehead atoms. The van der Waals surface area contributed by atoms with Crippen LogP contribution in [-0.2, 0) is 13.7 Å². The van der Waals surface area contributed by atoms with Crippen LogP contribution in [0.3, 0.4) is 0 Å². The Balaban J connectivity index is 1.76. The second-order valence-corrected chi connectivity index (χ2v) is 7.23. The van der Waals surface area contributed by atoms with Crippen molar-refractivity contribution >= 4 is 18.2 Å². The third kappa shape index (κ3) is 3.91. The van der Waals surface area contributed by atoms with E-state index in [0.717, 1.165) is 25.9 Å². The average molecular weight is 283 g/mol. The quantitative estimate of drug-likeness (QED) is 0.741. The Labute approximate surface area is 107 Å². The van der Waals surface area contributed by atoms with Crippen molar-refractivity contribution < 1.29 is 13.7 Å². The van der Waals surface area contributed by atoms with Gasteiger partial charge in [-0.3, -0.25) is 4.52 Å². The highest BCUT2D eigenvalue weighted by atomic mass is 35.7. The smallest absolute Gasteiger partial charge is 0.300 e. The second-order valence-electron chi connectivity index (χ2n) is 4.60. The lowest BCUT2D eigenvalue weighted by Crippen LogP contribution is -2.43. The largest absolute Gasteiger partial charge is 0.440 e. The third-order valence-electron chi connectivity index (χ3n) is 3.51. The lowest BCUT2D eigenvalue weighted by atomic mass is 10.1. The Bertz CT molecular complexity index is 291. The number of nitrogens with zero attached hydrogens (tertiary/aromatic N) is 2. The van der Waals surface area contributed by atoms with Crippen LogP contribution in [0.25, 0.3) is 0 Å². The fourth-order valence-corrected chi connectivity index (χ4v) is 3.33. The number of hydroxylamine groups is 2. The van der Waals surface area contributed by atoms with Crippen LogP contribution in [0.4, 0.5) is 0 Å². The number of likely N-dealkylation sites (tertiary alicyclic amines) is 1. The molecule has 0 aromatic rings. The maximum absolute atomic E-state index is 11.5. The zero-order valence-electron chi connectivity index (χ0n) is 10.2. The summed E-state index contributed by atoms with van der Waals surface area (Å²) in [4.78, 5) is 2.55. The summed E-state index contributed by atoms with van der Waals surface area (Å²) in [5.41, 5.74) is 0. The monoisotopic (exact) mass is 282 g/mol. The van der Waals surface area contributed by atoms with Crippen molar-refractivity contribution in [3.63, 3.8) is 0 Å². The molecule has 2 fully saturated rings. The van der Waals surface area contributed by atoms with Crippen LogP contribution >= 0.6 is 18.2 Å². The average Bonchev–Trinajstić information content (AvgIpc) is 2.83. The predicted octanol–water partition coefficient (Wildman–Crippen LogP) is 2.47. The van der Waals surface area contributed by atoms with Gasteiger partial charge in [-0.05, 0) is 38.8 Å². The molecule has 0 amide bonds. The fourth-order valence-electron chi connectivity index (χ4n) is 2.57. The normalized spacial score (nSPS) is 28.4. The van der Waals surface area contributed by atoms with Gasteiger partial charge in [0.15, 0.2) is 0 Å². The highest BCUT2D eigenvalue weighted by Crippen LogP contribution is 2.53. The van der Waals surface area contributed by atoms with Crippen molar-refractivity contribution in [1.82, 2.24) is 9.96 Å². The molecule has 2 aliphatic rings. The molecule has 0 saturated carbocycles. The predicted molar refractivity (Wildman–Crippen MR) is 67.0 cm³/mol. The van der Waals surface area contributed by atoms with Crippen molar-refractivity contribution in [1.29, 1.82) is 0 Å². The summed E-state index contributed by atoms with van der Waals surface area (Å²) < 4.78 is 21.2. The van der Waals surface area contributed by atoms with Gasteiger partial charge in [0.05, 0.1) is 0 Å². The molecule has 100 valence electrons. The van der Waals surface area contributed by atoms with E-state index in [1.165, 1.54) is 33.0 Å². The molecular weight excluding hydrogens is 263 g/mol. The molecule has 0 spiro atoms. The molecule has 2 saturated heterocycles. The minimum Gasteiger partial charge on any atom is -0.300 e. The summed E-state index contributed by atoms with van der Waals surface area (Å²) in [5.74, 6) is 0. The highest BCUT2D eigenvalue weighted by Gasteiger charge is 2.30. The van der Waals surface area contributed by atoms with E-state index in [-0.39, 0.29) is 0 Å². The number of hydrogen-bond donors (Lipinski definition) is 0. The first-order chi connectivity index (χ1) is 8.11. The Hall–Kier alpha value is 0.360. The van der Waals surface area contributed by atoms with Gasteiger partial charge in [-0.2, -0.15) is 5.06 Å². The lowest BCUT2D eigenvalue weighted by Gasteiger charge is -2.35. The molecule has 1 atom stereocenters. The van der Waals surface area contributed by atoms with Crippen LogP contribution in [-0.4, -0.2) is 49.3 Å². The third-order valence-corrected chi connectivity index (χ3v) is 4.97. The van der Waals surface area contributed by atoms with Crippen LogP contribution in [0.2, 0.25) is 0 Å². The van der Waals surface area contributed by atoms with Crippen molar-refractivity contribution in [3.8, 4) is 0 Å². The van der Waals surface area contributed by atoms with Crippen LogP contribution in [0.1, 0.15) is 25.7 Å². The van der Waals surface area contributed by atoms with Crippen LogP contribution < -0.4 is 0 Å². The summed E-state index contributed by atoms with van der Waals surface area (Å²) in [6, 6.07) is 0.648. The first-order valence-electron chi connectivity index (χ1n) is 6.15. The fraction of sp³-hybridized carbons (Fsp3) is 1.00. The summed E-state index contributed by atoms with van der Waals surface area (Å²) >= 11 is 5.58. The number of rotatable bonds is 4. The molecule has 0 radical (unpaired) electrons. The lowest BCUT2D eigenvalue weighted by molar-refractivity contribution is -0.0904. The van der Waals surface area contributed by atoms with Crippen molar-refractivity contribution in [2.75, 3.05) is 33.3 Å². The SMILES string of the molecule is COP(=O)(Cl)ON1CCC(N2CCCC2)CC1. The summed E-state index contributed by atoms with van der Waals surface area (Å²) in [5, 5.41) is 1.67. The van der Waals surface area contributed by atoms with E-state index in [1.54, 1.807) is 5.06 Å². The molecule has 5 nitrogen and oxygen atoms in total. The van der Waals surface area contributed by atoms with Crippen LogP contribution in [0.15, 0.2) is 0 Å². The van der Waals surface area contributed by atoms with E-state index in [1.807, 2.05) is 0 Å². The van der Waals surface area contributed by atoms with Gasteiger partial charge in [0, 0.05) is 37.5 Å². The second kappa shape index (κ2) is 6.00. The Morgan fingerprint density at radius 2 is 1.76 bits per heavy atom. The van der Waals surface area contributed by atoms with E-state index in [0.29, 0.717) is 6.04 Å². The van der Waals surface area contributed by atoms with Crippen molar-refractivity contribution in [2.24, 2.45) is 0 Å². The van der Waals surface area contributed by atoms with Gasteiger partial charge in [-0.15, -0.1) is 0 Å². The Morgan fingerprint density at radius 1 is 1.18 bits per heavy atom. The maximum Gasteiger partial charge on any atom is 0.440 e. The van der Waals surface area contributed by atoms with Gasteiger partial charge >= 0.3 is 6.95 Å². The zero-order valence-corrected chi connectivity index (χ0v) is 11.8.